The van der Waals surface area contributed by atoms with Gasteiger partial charge in [-0.2, -0.15) is 4.98 Å². The van der Waals surface area contributed by atoms with E-state index in [-0.39, 0.29) is 17.9 Å². The van der Waals surface area contributed by atoms with Gasteiger partial charge in [0.1, 0.15) is 5.82 Å². The van der Waals surface area contributed by atoms with Crippen molar-refractivity contribution >= 4 is 11.7 Å². The van der Waals surface area contributed by atoms with Crippen molar-refractivity contribution in [2.45, 2.75) is 45.6 Å². The van der Waals surface area contributed by atoms with Crippen LogP contribution < -0.4 is 10.2 Å². The summed E-state index contributed by atoms with van der Waals surface area (Å²) in [4.78, 5) is 23.0. The Morgan fingerprint density at radius 2 is 2.29 bits per heavy atom. The molecule has 1 unspecified atom stereocenters. The topological polar surface area (TPSA) is 84.2 Å². The summed E-state index contributed by atoms with van der Waals surface area (Å²) in [5.74, 6) is 2.33. The van der Waals surface area contributed by atoms with Crippen molar-refractivity contribution in [2.24, 2.45) is 0 Å². The minimum Gasteiger partial charge on any atom is -0.352 e. The predicted octanol–water partition coefficient (Wildman–Crippen LogP) is 2.68. The molecular weight excluding hydrogens is 306 g/mol. The SMILES string of the molecule is CCNC(=O)c1ccc(N2CCCC2c2noc(C(C)C)n2)nc1. The van der Waals surface area contributed by atoms with Gasteiger partial charge >= 0.3 is 0 Å². The minimum atomic E-state index is -0.103. The van der Waals surface area contributed by atoms with E-state index >= 15 is 0 Å². The van der Waals surface area contributed by atoms with E-state index < -0.39 is 0 Å². The molecule has 2 aromatic heterocycles. The van der Waals surface area contributed by atoms with Crippen LogP contribution in [0.2, 0.25) is 0 Å². The van der Waals surface area contributed by atoms with Crippen molar-refractivity contribution in [1.82, 2.24) is 20.4 Å². The molecule has 1 N–H and O–H groups in total. The first kappa shape index (κ1) is 16.4. The number of nitrogens with zero attached hydrogens (tertiary/aromatic N) is 4. The number of hydrogen-bond acceptors (Lipinski definition) is 6. The molecule has 3 heterocycles. The maximum atomic E-state index is 11.8. The molecule has 0 spiro atoms. The molecule has 2 aromatic rings. The molecule has 1 amide bonds. The van der Waals surface area contributed by atoms with Gasteiger partial charge in [-0.15, -0.1) is 0 Å². The van der Waals surface area contributed by atoms with Gasteiger partial charge < -0.3 is 14.7 Å². The Hall–Kier alpha value is -2.44. The van der Waals surface area contributed by atoms with E-state index in [2.05, 4.69) is 25.3 Å². The normalized spacial score (nSPS) is 17.5. The van der Waals surface area contributed by atoms with Crippen molar-refractivity contribution in [1.29, 1.82) is 0 Å². The van der Waals surface area contributed by atoms with Crippen LogP contribution in [0.1, 0.15) is 67.6 Å². The first-order chi connectivity index (χ1) is 11.6. The maximum Gasteiger partial charge on any atom is 0.252 e. The van der Waals surface area contributed by atoms with Crippen molar-refractivity contribution in [3.63, 3.8) is 0 Å². The van der Waals surface area contributed by atoms with Crippen LogP contribution in [-0.4, -0.2) is 34.1 Å². The van der Waals surface area contributed by atoms with Crippen LogP contribution in [0.15, 0.2) is 22.9 Å². The Labute approximate surface area is 141 Å². The summed E-state index contributed by atoms with van der Waals surface area (Å²) in [5.41, 5.74) is 0.568. The van der Waals surface area contributed by atoms with Gasteiger partial charge in [0.05, 0.1) is 11.6 Å². The predicted molar refractivity (Wildman–Crippen MR) is 90.0 cm³/mol. The fourth-order valence-corrected chi connectivity index (χ4v) is 2.88. The molecule has 0 aliphatic carbocycles. The molecule has 7 nitrogen and oxygen atoms in total. The van der Waals surface area contributed by atoms with Crippen LogP contribution in [0.5, 0.6) is 0 Å². The first-order valence-electron chi connectivity index (χ1n) is 8.44. The summed E-state index contributed by atoms with van der Waals surface area (Å²) >= 11 is 0. The summed E-state index contributed by atoms with van der Waals surface area (Å²) in [6.45, 7) is 7.45. The van der Waals surface area contributed by atoms with Crippen molar-refractivity contribution in [3.05, 3.63) is 35.6 Å². The highest BCUT2D eigenvalue weighted by Gasteiger charge is 2.31. The van der Waals surface area contributed by atoms with Crippen LogP contribution in [0.3, 0.4) is 0 Å². The largest absolute Gasteiger partial charge is 0.352 e. The molecule has 0 saturated carbocycles. The van der Waals surface area contributed by atoms with Gasteiger partial charge in [0, 0.05) is 25.2 Å². The zero-order valence-electron chi connectivity index (χ0n) is 14.3. The molecule has 24 heavy (non-hydrogen) atoms. The van der Waals surface area contributed by atoms with Crippen molar-refractivity contribution in [2.75, 3.05) is 18.0 Å². The zero-order chi connectivity index (χ0) is 17.1. The van der Waals surface area contributed by atoms with Gasteiger partial charge in [0.2, 0.25) is 5.89 Å². The molecule has 1 saturated heterocycles. The molecule has 1 fully saturated rings. The lowest BCUT2D eigenvalue weighted by Crippen LogP contribution is -2.25. The van der Waals surface area contributed by atoms with Gasteiger partial charge in [-0.1, -0.05) is 19.0 Å². The number of amides is 1. The molecule has 128 valence electrons. The smallest absolute Gasteiger partial charge is 0.252 e. The number of aromatic nitrogens is 3. The molecular formula is C17H23N5O2. The van der Waals surface area contributed by atoms with Crippen LogP contribution in [0.25, 0.3) is 0 Å². The third-order valence-corrected chi connectivity index (χ3v) is 4.14. The van der Waals surface area contributed by atoms with E-state index in [1.54, 1.807) is 12.3 Å². The number of pyridine rings is 1. The van der Waals surface area contributed by atoms with E-state index in [1.165, 1.54) is 0 Å². The standard InChI is InChI=1S/C17H23N5O2/c1-4-18-16(23)12-7-8-14(19-10-12)22-9-5-6-13(22)15-20-17(11(2)3)24-21-15/h7-8,10-11,13H,4-6,9H2,1-3H3,(H,18,23). The third kappa shape index (κ3) is 3.25. The van der Waals surface area contributed by atoms with Crippen LogP contribution in [0.4, 0.5) is 5.82 Å². The van der Waals surface area contributed by atoms with Crippen LogP contribution in [0, 0.1) is 0 Å². The minimum absolute atomic E-state index is 0.0732. The number of carbonyl (C=O) groups excluding carboxylic acids is 1. The highest BCUT2D eigenvalue weighted by atomic mass is 16.5. The highest BCUT2D eigenvalue weighted by Crippen LogP contribution is 2.34. The number of rotatable bonds is 5. The van der Waals surface area contributed by atoms with E-state index in [9.17, 15) is 4.79 Å². The van der Waals surface area contributed by atoms with Crippen LogP contribution in [-0.2, 0) is 0 Å². The summed E-state index contributed by atoms with van der Waals surface area (Å²) < 4.78 is 5.34. The van der Waals surface area contributed by atoms with Gasteiger partial charge in [-0.05, 0) is 31.9 Å². The monoisotopic (exact) mass is 329 g/mol. The molecule has 0 radical (unpaired) electrons. The second-order valence-corrected chi connectivity index (χ2v) is 6.26. The fraction of sp³-hybridized carbons (Fsp3) is 0.529. The van der Waals surface area contributed by atoms with E-state index in [1.807, 2.05) is 26.8 Å². The molecule has 0 aromatic carbocycles. The quantitative estimate of drug-likeness (QED) is 0.908. The van der Waals surface area contributed by atoms with Crippen molar-refractivity contribution in [3.8, 4) is 0 Å². The lowest BCUT2D eigenvalue weighted by Gasteiger charge is -2.23. The Morgan fingerprint density at radius 1 is 1.46 bits per heavy atom. The fourth-order valence-electron chi connectivity index (χ4n) is 2.88. The van der Waals surface area contributed by atoms with E-state index in [0.717, 1.165) is 25.2 Å². The molecule has 7 heteroatoms. The summed E-state index contributed by atoms with van der Waals surface area (Å²) in [5, 5.41) is 6.92. The van der Waals surface area contributed by atoms with Gasteiger partial charge in [0.25, 0.3) is 5.91 Å². The molecule has 1 atom stereocenters. The average Bonchev–Trinajstić information content (AvgIpc) is 3.24. The maximum absolute atomic E-state index is 11.8. The Morgan fingerprint density at radius 3 is 2.92 bits per heavy atom. The zero-order valence-corrected chi connectivity index (χ0v) is 14.3. The third-order valence-electron chi connectivity index (χ3n) is 4.14. The van der Waals surface area contributed by atoms with Crippen LogP contribution >= 0.6 is 0 Å². The summed E-state index contributed by atoms with van der Waals surface area (Å²) in [6, 6.07) is 3.76. The average molecular weight is 329 g/mol. The Bertz CT molecular complexity index is 695. The van der Waals surface area contributed by atoms with E-state index in [4.69, 9.17) is 4.52 Å². The Kier molecular flexibility index (Phi) is 4.78. The van der Waals surface area contributed by atoms with Crippen molar-refractivity contribution < 1.29 is 9.32 Å². The first-order valence-corrected chi connectivity index (χ1v) is 8.44. The highest BCUT2D eigenvalue weighted by molar-refractivity contribution is 5.94. The molecule has 1 aliphatic rings. The number of carbonyl (C=O) groups is 1. The molecule has 3 rings (SSSR count). The van der Waals surface area contributed by atoms with E-state index in [0.29, 0.717) is 23.8 Å². The summed E-state index contributed by atoms with van der Waals surface area (Å²) in [7, 11) is 0. The number of nitrogens with one attached hydrogen (secondary N) is 1. The second kappa shape index (κ2) is 6.98. The lowest BCUT2D eigenvalue weighted by atomic mass is 10.2. The lowest BCUT2D eigenvalue weighted by molar-refractivity contribution is 0.0955. The van der Waals surface area contributed by atoms with Gasteiger partial charge in [0.15, 0.2) is 5.82 Å². The number of hydrogen-bond donors (Lipinski definition) is 1. The molecule has 1 aliphatic heterocycles. The van der Waals surface area contributed by atoms with Gasteiger partial charge in [-0.25, -0.2) is 4.98 Å². The summed E-state index contributed by atoms with van der Waals surface area (Å²) in [6.07, 6.45) is 3.64. The Balaban J connectivity index is 1.78. The number of anilines is 1. The van der Waals surface area contributed by atoms with Gasteiger partial charge in [-0.3, -0.25) is 4.79 Å². The second-order valence-electron chi connectivity index (χ2n) is 6.26. The molecule has 0 bridgehead atoms.